The molecule has 1 atom stereocenters. The number of hydrogen-bond acceptors (Lipinski definition) is 1. The molecule has 0 saturated heterocycles. The van der Waals surface area contributed by atoms with Crippen molar-refractivity contribution in [2.24, 2.45) is 5.92 Å². The summed E-state index contributed by atoms with van der Waals surface area (Å²) in [5.41, 5.74) is 2.23. The Kier molecular flexibility index (Phi) is 3.69. The van der Waals surface area contributed by atoms with Gasteiger partial charge in [-0.2, -0.15) is 0 Å². The molecule has 0 amide bonds. The summed E-state index contributed by atoms with van der Waals surface area (Å²) in [5.74, 6) is -1.07. The number of aliphatic carboxylic acids is 1. The van der Waals surface area contributed by atoms with Crippen molar-refractivity contribution in [3.05, 3.63) is 33.8 Å². The lowest BCUT2D eigenvalue weighted by molar-refractivity contribution is -0.141. The van der Waals surface area contributed by atoms with E-state index >= 15 is 0 Å². The first-order chi connectivity index (χ1) is 6.50. The topological polar surface area (TPSA) is 37.3 Å². The van der Waals surface area contributed by atoms with Crippen molar-refractivity contribution < 1.29 is 9.90 Å². The number of hydrogen-bond donors (Lipinski definition) is 1. The highest BCUT2D eigenvalue weighted by molar-refractivity contribution is 9.10. The summed E-state index contributed by atoms with van der Waals surface area (Å²) in [6.45, 7) is 3.72. The molecule has 1 aromatic carbocycles. The lowest BCUT2D eigenvalue weighted by atomic mass is 9.98. The van der Waals surface area contributed by atoms with E-state index in [-0.39, 0.29) is 5.92 Å². The number of carboxylic acids is 1. The molecular weight excluding hydrogens is 244 g/mol. The molecule has 0 bridgehead atoms. The summed E-state index contributed by atoms with van der Waals surface area (Å²) in [4.78, 5) is 10.7. The first-order valence-electron chi connectivity index (χ1n) is 4.48. The van der Waals surface area contributed by atoms with Gasteiger partial charge in [-0.25, -0.2) is 0 Å². The Morgan fingerprint density at radius 2 is 2.21 bits per heavy atom. The number of benzene rings is 1. The van der Waals surface area contributed by atoms with Crippen LogP contribution in [0, 0.1) is 12.8 Å². The molecule has 1 rings (SSSR count). The van der Waals surface area contributed by atoms with Gasteiger partial charge in [0.1, 0.15) is 0 Å². The van der Waals surface area contributed by atoms with Crippen LogP contribution in [0.4, 0.5) is 0 Å². The fraction of sp³-hybridized carbons (Fsp3) is 0.364. The summed E-state index contributed by atoms with van der Waals surface area (Å²) >= 11 is 3.38. The molecule has 0 aliphatic carbocycles. The van der Waals surface area contributed by atoms with Crippen molar-refractivity contribution in [2.45, 2.75) is 20.3 Å². The Balaban J connectivity index is 2.82. The van der Waals surface area contributed by atoms with Crippen LogP contribution >= 0.6 is 15.9 Å². The van der Waals surface area contributed by atoms with Gasteiger partial charge >= 0.3 is 5.97 Å². The summed E-state index contributed by atoms with van der Waals surface area (Å²) in [6.07, 6.45) is 0.592. The molecule has 3 heteroatoms. The highest BCUT2D eigenvalue weighted by Crippen LogP contribution is 2.18. The predicted octanol–water partition coefficient (Wildman–Crippen LogP) is 3.02. The number of carbonyl (C=O) groups is 1. The van der Waals surface area contributed by atoms with E-state index in [1.807, 2.05) is 25.1 Å². The molecule has 76 valence electrons. The normalized spacial score (nSPS) is 12.5. The number of carboxylic acid groups (broad SMARTS) is 1. The van der Waals surface area contributed by atoms with Gasteiger partial charge in [0.15, 0.2) is 0 Å². The molecule has 0 aliphatic heterocycles. The fourth-order valence-corrected chi connectivity index (χ4v) is 1.78. The number of aryl methyl sites for hydroxylation is 1. The van der Waals surface area contributed by atoms with Gasteiger partial charge in [-0.1, -0.05) is 28.9 Å². The molecule has 1 aromatic rings. The van der Waals surface area contributed by atoms with E-state index in [1.165, 1.54) is 0 Å². The van der Waals surface area contributed by atoms with Crippen molar-refractivity contribution in [3.8, 4) is 0 Å². The lowest BCUT2D eigenvalue weighted by Gasteiger charge is -2.09. The molecular formula is C11H13BrO2. The van der Waals surface area contributed by atoms with Crippen LogP contribution in [-0.4, -0.2) is 11.1 Å². The Bertz CT molecular complexity index is 347. The summed E-state index contributed by atoms with van der Waals surface area (Å²) < 4.78 is 1.03. The van der Waals surface area contributed by atoms with Crippen LogP contribution in [-0.2, 0) is 11.2 Å². The zero-order chi connectivity index (χ0) is 10.7. The third-order valence-electron chi connectivity index (χ3n) is 2.25. The molecule has 0 heterocycles. The summed E-state index contributed by atoms with van der Waals surface area (Å²) in [5, 5.41) is 8.78. The molecule has 1 N–H and O–H groups in total. The minimum atomic E-state index is -0.743. The van der Waals surface area contributed by atoms with E-state index in [9.17, 15) is 4.79 Å². The monoisotopic (exact) mass is 256 g/mol. The van der Waals surface area contributed by atoms with Crippen molar-refractivity contribution in [3.63, 3.8) is 0 Å². The zero-order valence-electron chi connectivity index (χ0n) is 8.25. The highest BCUT2D eigenvalue weighted by Gasteiger charge is 2.12. The maximum atomic E-state index is 10.7. The third kappa shape index (κ3) is 2.84. The molecule has 0 aliphatic rings. The van der Waals surface area contributed by atoms with Gasteiger partial charge in [-0.05, 0) is 36.6 Å². The van der Waals surface area contributed by atoms with Gasteiger partial charge in [0.2, 0.25) is 0 Å². The van der Waals surface area contributed by atoms with Crippen LogP contribution in [0.5, 0.6) is 0 Å². The van der Waals surface area contributed by atoms with Crippen molar-refractivity contribution in [2.75, 3.05) is 0 Å². The van der Waals surface area contributed by atoms with Gasteiger partial charge < -0.3 is 5.11 Å². The highest BCUT2D eigenvalue weighted by atomic mass is 79.9. The minimum Gasteiger partial charge on any atom is -0.481 e. The maximum Gasteiger partial charge on any atom is 0.306 e. The third-order valence-corrected chi connectivity index (χ3v) is 2.75. The van der Waals surface area contributed by atoms with Crippen LogP contribution in [0.15, 0.2) is 22.7 Å². The van der Waals surface area contributed by atoms with Gasteiger partial charge in [0, 0.05) is 4.47 Å². The molecule has 0 radical (unpaired) electrons. The van der Waals surface area contributed by atoms with Crippen LogP contribution in [0.2, 0.25) is 0 Å². The van der Waals surface area contributed by atoms with E-state index < -0.39 is 5.97 Å². The van der Waals surface area contributed by atoms with E-state index in [0.717, 1.165) is 15.6 Å². The quantitative estimate of drug-likeness (QED) is 0.903. The average molecular weight is 257 g/mol. The van der Waals surface area contributed by atoms with E-state index in [1.54, 1.807) is 6.92 Å². The first kappa shape index (κ1) is 11.2. The molecule has 14 heavy (non-hydrogen) atoms. The van der Waals surface area contributed by atoms with Gasteiger partial charge in [0.05, 0.1) is 5.92 Å². The molecule has 0 saturated carbocycles. The second-order valence-corrected chi connectivity index (χ2v) is 4.43. The maximum absolute atomic E-state index is 10.7. The molecule has 2 nitrogen and oxygen atoms in total. The molecule has 0 spiro atoms. The van der Waals surface area contributed by atoms with Gasteiger partial charge in [0.25, 0.3) is 0 Å². The van der Waals surface area contributed by atoms with Crippen LogP contribution in [0.1, 0.15) is 18.1 Å². The van der Waals surface area contributed by atoms with Crippen LogP contribution in [0.25, 0.3) is 0 Å². The van der Waals surface area contributed by atoms with E-state index in [2.05, 4.69) is 15.9 Å². The van der Waals surface area contributed by atoms with E-state index in [0.29, 0.717) is 6.42 Å². The van der Waals surface area contributed by atoms with Gasteiger partial charge in [-0.15, -0.1) is 0 Å². The Hall–Kier alpha value is -0.830. The fourth-order valence-electron chi connectivity index (χ4n) is 1.31. The smallest absolute Gasteiger partial charge is 0.306 e. The molecule has 0 aromatic heterocycles. The molecule has 1 unspecified atom stereocenters. The van der Waals surface area contributed by atoms with Gasteiger partial charge in [-0.3, -0.25) is 4.79 Å². The Morgan fingerprint density at radius 3 is 2.71 bits per heavy atom. The predicted molar refractivity (Wildman–Crippen MR) is 59.4 cm³/mol. The molecule has 0 fully saturated rings. The standard InChI is InChI=1S/C11H13BrO2/c1-7-6-10(12)4-3-9(7)5-8(2)11(13)14/h3-4,6,8H,5H2,1-2H3,(H,13,14). The number of rotatable bonds is 3. The van der Waals surface area contributed by atoms with Crippen LogP contribution in [0.3, 0.4) is 0 Å². The van der Waals surface area contributed by atoms with Crippen molar-refractivity contribution in [1.82, 2.24) is 0 Å². The van der Waals surface area contributed by atoms with E-state index in [4.69, 9.17) is 5.11 Å². The zero-order valence-corrected chi connectivity index (χ0v) is 9.84. The Labute approximate surface area is 92.1 Å². The minimum absolute atomic E-state index is 0.324. The lowest BCUT2D eigenvalue weighted by Crippen LogP contribution is -2.12. The van der Waals surface area contributed by atoms with Crippen LogP contribution < -0.4 is 0 Å². The second-order valence-electron chi connectivity index (χ2n) is 3.51. The number of halogens is 1. The summed E-state index contributed by atoms with van der Waals surface area (Å²) in [6, 6.07) is 5.92. The average Bonchev–Trinajstić information content (AvgIpc) is 2.09. The largest absolute Gasteiger partial charge is 0.481 e. The first-order valence-corrected chi connectivity index (χ1v) is 5.28. The SMILES string of the molecule is Cc1cc(Br)ccc1CC(C)C(=O)O. The Morgan fingerprint density at radius 1 is 1.57 bits per heavy atom. The summed E-state index contributed by atoms with van der Waals surface area (Å²) in [7, 11) is 0. The van der Waals surface area contributed by atoms with Crippen molar-refractivity contribution >= 4 is 21.9 Å². The van der Waals surface area contributed by atoms with Crippen molar-refractivity contribution in [1.29, 1.82) is 0 Å². The second kappa shape index (κ2) is 4.60.